The second-order valence-corrected chi connectivity index (χ2v) is 10.7. The Morgan fingerprint density at radius 3 is 2.46 bits per heavy atom. The highest BCUT2D eigenvalue weighted by molar-refractivity contribution is 6.31. The Labute approximate surface area is 221 Å². The Hall–Kier alpha value is -3.03. The molecule has 4 rings (SSSR count). The summed E-state index contributed by atoms with van der Waals surface area (Å²) in [6.07, 6.45) is 2.06. The molecule has 0 amide bonds. The Bertz CT molecular complexity index is 1320. The molecule has 0 saturated heterocycles. The number of ketones is 1. The van der Waals surface area contributed by atoms with Crippen LogP contribution >= 0.6 is 11.6 Å². The van der Waals surface area contributed by atoms with E-state index in [1.807, 2.05) is 0 Å². The highest BCUT2D eigenvalue weighted by Gasteiger charge is 2.31. The minimum Gasteiger partial charge on any atom is -0.493 e. The summed E-state index contributed by atoms with van der Waals surface area (Å²) in [7, 11) is 1.52. The van der Waals surface area contributed by atoms with Gasteiger partial charge in [0.2, 0.25) is 0 Å². The molecule has 8 heteroatoms. The molecule has 5 nitrogen and oxygen atoms in total. The zero-order chi connectivity index (χ0) is 27.0. The third kappa shape index (κ3) is 6.46. The predicted molar refractivity (Wildman–Crippen MR) is 141 cm³/mol. The van der Waals surface area contributed by atoms with Crippen molar-refractivity contribution in [1.82, 2.24) is 4.98 Å². The molecular formula is C29H31ClF2N2O3. The van der Waals surface area contributed by atoms with Gasteiger partial charge in [0.1, 0.15) is 11.5 Å². The lowest BCUT2D eigenvalue weighted by Crippen LogP contribution is -2.30. The quantitative estimate of drug-likeness (QED) is 0.283. The molecule has 0 bridgehead atoms. The van der Waals surface area contributed by atoms with E-state index in [9.17, 15) is 9.18 Å². The maximum Gasteiger partial charge on any atom is 0.163 e. The molecule has 0 radical (unpaired) electrons. The zero-order valence-electron chi connectivity index (χ0n) is 21.4. The SMILES string of the molecule is COc1cc(C(=O)CCC(C)(F)c2cc(C(C)(C)N)cc(-c3ccc(F)c(Cl)c3)n2)ccc1OC1CC1. The molecule has 0 spiro atoms. The third-order valence-electron chi connectivity index (χ3n) is 6.44. The van der Waals surface area contributed by atoms with Crippen LogP contribution in [0.2, 0.25) is 5.02 Å². The van der Waals surface area contributed by atoms with Crippen LogP contribution in [-0.2, 0) is 11.2 Å². The van der Waals surface area contributed by atoms with Crippen LogP contribution in [0.25, 0.3) is 11.3 Å². The van der Waals surface area contributed by atoms with Crippen molar-refractivity contribution in [3.05, 3.63) is 76.2 Å². The third-order valence-corrected chi connectivity index (χ3v) is 6.73. The van der Waals surface area contributed by atoms with Crippen LogP contribution < -0.4 is 15.2 Å². The van der Waals surface area contributed by atoms with Crippen molar-refractivity contribution in [2.45, 2.75) is 63.8 Å². The van der Waals surface area contributed by atoms with Gasteiger partial charge in [0.25, 0.3) is 0 Å². The van der Waals surface area contributed by atoms with Gasteiger partial charge >= 0.3 is 0 Å². The number of nitrogens with zero attached hydrogens (tertiary/aromatic N) is 1. The van der Waals surface area contributed by atoms with Crippen molar-refractivity contribution in [3.63, 3.8) is 0 Å². The van der Waals surface area contributed by atoms with Crippen molar-refractivity contribution >= 4 is 17.4 Å². The van der Waals surface area contributed by atoms with Gasteiger partial charge in [-0.25, -0.2) is 13.8 Å². The van der Waals surface area contributed by atoms with Crippen LogP contribution in [0.4, 0.5) is 8.78 Å². The molecule has 1 atom stereocenters. The monoisotopic (exact) mass is 528 g/mol. The number of carbonyl (C=O) groups excluding carboxylic acids is 1. The number of rotatable bonds is 10. The second-order valence-electron chi connectivity index (χ2n) is 10.3. The molecule has 1 aromatic heterocycles. The minimum atomic E-state index is -1.94. The fraction of sp³-hybridized carbons (Fsp3) is 0.379. The summed E-state index contributed by atoms with van der Waals surface area (Å²) in [4.78, 5) is 17.5. The summed E-state index contributed by atoms with van der Waals surface area (Å²) in [5.74, 6) is 0.290. The molecule has 37 heavy (non-hydrogen) atoms. The van der Waals surface area contributed by atoms with E-state index < -0.39 is 17.0 Å². The highest BCUT2D eigenvalue weighted by Crippen LogP contribution is 2.37. The molecule has 1 heterocycles. The number of hydrogen-bond acceptors (Lipinski definition) is 5. The number of ether oxygens (including phenoxy) is 2. The maximum absolute atomic E-state index is 16.1. The van der Waals surface area contributed by atoms with Gasteiger partial charge in [-0.15, -0.1) is 0 Å². The number of alkyl halides is 1. The fourth-order valence-electron chi connectivity index (χ4n) is 3.90. The number of benzene rings is 2. The van der Waals surface area contributed by atoms with Crippen LogP contribution in [0.3, 0.4) is 0 Å². The molecule has 1 unspecified atom stereocenters. The lowest BCUT2D eigenvalue weighted by Gasteiger charge is -2.25. The van der Waals surface area contributed by atoms with Crippen LogP contribution in [0.5, 0.6) is 11.5 Å². The van der Waals surface area contributed by atoms with Crippen LogP contribution in [0.15, 0.2) is 48.5 Å². The molecular weight excluding hydrogens is 498 g/mol. The summed E-state index contributed by atoms with van der Waals surface area (Å²) < 4.78 is 41.0. The Balaban J connectivity index is 1.58. The second kappa shape index (κ2) is 10.4. The summed E-state index contributed by atoms with van der Waals surface area (Å²) in [5.41, 5.74) is 5.76. The molecule has 1 aliphatic carbocycles. The van der Waals surface area contributed by atoms with E-state index in [0.717, 1.165) is 12.8 Å². The van der Waals surface area contributed by atoms with Crippen molar-refractivity contribution in [3.8, 4) is 22.8 Å². The average Bonchev–Trinajstić information content (AvgIpc) is 3.67. The normalized spacial score (nSPS) is 15.2. The maximum atomic E-state index is 16.1. The van der Waals surface area contributed by atoms with Gasteiger partial charge < -0.3 is 15.2 Å². The summed E-state index contributed by atoms with van der Waals surface area (Å²) in [6.45, 7) is 5.00. The molecule has 3 aromatic rings. The smallest absolute Gasteiger partial charge is 0.163 e. The molecule has 1 fully saturated rings. The minimum absolute atomic E-state index is 0.0470. The average molecular weight is 529 g/mol. The van der Waals surface area contributed by atoms with Crippen LogP contribution in [0, 0.1) is 5.82 Å². The molecule has 1 saturated carbocycles. The number of halogens is 3. The van der Waals surface area contributed by atoms with Crippen molar-refractivity contribution in [2.24, 2.45) is 5.73 Å². The summed E-state index contributed by atoms with van der Waals surface area (Å²) in [6, 6.07) is 12.6. The molecule has 2 N–H and O–H groups in total. The van der Waals surface area contributed by atoms with E-state index in [1.165, 1.54) is 32.2 Å². The van der Waals surface area contributed by atoms with E-state index in [0.29, 0.717) is 33.9 Å². The van der Waals surface area contributed by atoms with Crippen molar-refractivity contribution in [2.75, 3.05) is 7.11 Å². The van der Waals surface area contributed by atoms with Gasteiger partial charge in [0, 0.05) is 23.1 Å². The van der Waals surface area contributed by atoms with E-state index in [2.05, 4.69) is 4.98 Å². The first kappa shape index (κ1) is 27.0. The zero-order valence-corrected chi connectivity index (χ0v) is 22.2. The first-order valence-corrected chi connectivity index (χ1v) is 12.6. The van der Waals surface area contributed by atoms with Crippen molar-refractivity contribution in [1.29, 1.82) is 0 Å². The number of carbonyl (C=O) groups is 1. The fourth-order valence-corrected chi connectivity index (χ4v) is 4.08. The molecule has 2 aromatic carbocycles. The van der Waals surface area contributed by atoms with Gasteiger partial charge in [-0.05, 0) is 94.1 Å². The van der Waals surface area contributed by atoms with Gasteiger partial charge in [0.15, 0.2) is 17.3 Å². The van der Waals surface area contributed by atoms with E-state index in [-0.39, 0.29) is 35.4 Å². The Kier molecular flexibility index (Phi) is 7.58. The lowest BCUT2D eigenvalue weighted by molar-refractivity contribution is 0.0929. The summed E-state index contributed by atoms with van der Waals surface area (Å²) in [5, 5.41) is -0.0594. The molecule has 1 aliphatic rings. The van der Waals surface area contributed by atoms with E-state index in [4.69, 9.17) is 26.8 Å². The Morgan fingerprint density at radius 1 is 1.11 bits per heavy atom. The van der Waals surface area contributed by atoms with E-state index in [1.54, 1.807) is 44.2 Å². The van der Waals surface area contributed by atoms with Gasteiger partial charge in [-0.1, -0.05) is 11.6 Å². The van der Waals surface area contributed by atoms with Gasteiger partial charge in [0.05, 0.1) is 29.6 Å². The molecule has 0 aliphatic heterocycles. The van der Waals surface area contributed by atoms with Crippen LogP contribution in [-0.4, -0.2) is 24.0 Å². The van der Waals surface area contributed by atoms with Crippen molar-refractivity contribution < 1.29 is 23.0 Å². The van der Waals surface area contributed by atoms with Gasteiger partial charge in [-0.2, -0.15) is 0 Å². The Morgan fingerprint density at radius 2 is 1.84 bits per heavy atom. The van der Waals surface area contributed by atoms with Gasteiger partial charge in [-0.3, -0.25) is 4.79 Å². The number of pyridine rings is 1. The molecule has 196 valence electrons. The highest BCUT2D eigenvalue weighted by atomic mass is 35.5. The van der Waals surface area contributed by atoms with E-state index >= 15 is 4.39 Å². The van der Waals surface area contributed by atoms with Crippen LogP contribution in [0.1, 0.15) is 68.1 Å². The number of Topliss-reactive ketones (excluding diaryl/α,β-unsaturated/α-hetero) is 1. The number of aromatic nitrogens is 1. The largest absolute Gasteiger partial charge is 0.493 e. The standard InChI is InChI=1S/C29H31ClF2N2O3/c1-28(2,33)19-15-23(17-5-9-22(31)21(30)13-17)34-27(16-19)29(3,32)12-11-24(35)18-6-10-25(26(14-18)36-4)37-20-7-8-20/h5-6,9-10,13-16,20H,7-8,11-12,33H2,1-4H3. The predicted octanol–water partition coefficient (Wildman–Crippen LogP) is 7.13. The number of nitrogens with two attached hydrogens (primary N) is 1. The lowest BCUT2D eigenvalue weighted by atomic mass is 9.89. The summed E-state index contributed by atoms with van der Waals surface area (Å²) >= 11 is 5.97. The first-order chi connectivity index (χ1) is 17.4. The number of hydrogen-bond donors (Lipinski definition) is 1. The topological polar surface area (TPSA) is 74.4 Å². The first-order valence-electron chi connectivity index (χ1n) is 12.2. The number of methoxy groups -OCH3 is 1.